The van der Waals surface area contributed by atoms with E-state index in [0.29, 0.717) is 18.7 Å². The van der Waals surface area contributed by atoms with Crippen LogP contribution < -0.4 is 10.6 Å². The third-order valence-corrected chi connectivity index (χ3v) is 7.30. The molecule has 8 heteroatoms. The van der Waals surface area contributed by atoms with E-state index in [-0.39, 0.29) is 29.1 Å². The van der Waals surface area contributed by atoms with Crippen LogP contribution in [0.5, 0.6) is 0 Å². The Hall–Kier alpha value is -2.61. The van der Waals surface area contributed by atoms with Gasteiger partial charge in [0.2, 0.25) is 0 Å². The average molecular weight is 512 g/mol. The van der Waals surface area contributed by atoms with Gasteiger partial charge in [0.1, 0.15) is 5.82 Å². The van der Waals surface area contributed by atoms with Crippen molar-refractivity contribution in [3.05, 3.63) is 56.9 Å². The number of fused-ring (bicyclic) bond motifs is 4. The summed E-state index contributed by atoms with van der Waals surface area (Å²) in [4.78, 5) is 35.3. The quantitative estimate of drug-likeness (QED) is 0.532. The molecule has 3 aromatic rings. The van der Waals surface area contributed by atoms with Gasteiger partial charge in [0.05, 0.1) is 5.52 Å². The van der Waals surface area contributed by atoms with Crippen molar-refractivity contribution in [3.63, 3.8) is 0 Å². The van der Waals surface area contributed by atoms with Crippen LogP contribution in [0.25, 0.3) is 11.2 Å². The number of nitrogens with zero attached hydrogens (tertiary/aromatic N) is 5. The summed E-state index contributed by atoms with van der Waals surface area (Å²) in [7, 11) is 1.79. The molecular formula is C25H30BrN5O2. The van der Waals surface area contributed by atoms with Crippen molar-refractivity contribution >= 4 is 38.8 Å². The minimum atomic E-state index is -0.0315. The molecule has 1 amide bonds. The summed E-state index contributed by atoms with van der Waals surface area (Å²) >= 11 is 3.44. The molecule has 0 saturated carbocycles. The molecule has 6 rings (SSSR count). The zero-order chi connectivity index (χ0) is 23.5. The van der Waals surface area contributed by atoms with Gasteiger partial charge in [-0.05, 0) is 54.7 Å². The molecule has 7 nitrogen and oxygen atoms in total. The molecule has 2 aromatic heterocycles. The van der Waals surface area contributed by atoms with E-state index < -0.39 is 0 Å². The van der Waals surface area contributed by atoms with E-state index in [1.165, 1.54) is 0 Å². The van der Waals surface area contributed by atoms with Crippen LogP contribution in [0.4, 0.5) is 5.82 Å². The summed E-state index contributed by atoms with van der Waals surface area (Å²) in [5, 5.41) is 0. The van der Waals surface area contributed by atoms with Crippen LogP contribution in [0.2, 0.25) is 0 Å². The number of carbonyl (C=O) groups is 1. The lowest BCUT2D eigenvalue weighted by Crippen LogP contribution is -2.64. The highest BCUT2D eigenvalue weighted by Crippen LogP contribution is 2.33. The number of hydrogen-bond donors (Lipinski definition) is 0. The molecule has 174 valence electrons. The van der Waals surface area contributed by atoms with E-state index in [4.69, 9.17) is 4.98 Å². The van der Waals surface area contributed by atoms with Crippen molar-refractivity contribution in [1.82, 2.24) is 19.0 Å². The van der Waals surface area contributed by atoms with Gasteiger partial charge < -0.3 is 9.80 Å². The number of benzene rings is 1. The molecule has 2 unspecified atom stereocenters. The Morgan fingerprint density at radius 3 is 2.39 bits per heavy atom. The first kappa shape index (κ1) is 22.2. The molecule has 3 saturated heterocycles. The lowest BCUT2D eigenvalue weighted by atomic mass is 9.90. The largest absolute Gasteiger partial charge is 0.350 e. The number of pyridine rings is 1. The SMILES string of the molecule is Cn1c(=O)n(CC(C)(C)C)c2ccc(N3CC4CCC3CN4C(=O)c3ccc(Br)cc3)nc21. The Balaban J connectivity index is 1.42. The predicted octanol–water partition coefficient (Wildman–Crippen LogP) is 4.04. The van der Waals surface area contributed by atoms with Gasteiger partial charge in [0, 0.05) is 48.8 Å². The topological polar surface area (TPSA) is 63.4 Å². The normalized spacial score (nSPS) is 20.6. The predicted molar refractivity (Wildman–Crippen MR) is 134 cm³/mol. The smallest absolute Gasteiger partial charge is 0.330 e. The van der Waals surface area contributed by atoms with Gasteiger partial charge in [0.25, 0.3) is 5.91 Å². The Bertz CT molecular complexity index is 1270. The number of amides is 1. The monoisotopic (exact) mass is 511 g/mol. The third kappa shape index (κ3) is 3.98. The number of piperidine rings is 2. The fourth-order valence-corrected chi connectivity index (χ4v) is 5.43. The second-order valence-corrected chi connectivity index (χ2v) is 11.4. The summed E-state index contributed by atoms with van der Waals surface area (Å²) in [5.74, 6) is 0.985. The van der Waals surface area contributed by atoms with Crippen molar-refractivity contribution < 1.29 is 4.79 Å². The molecule has 0 aliphatic carbocycles. The lowest BCUT2D eigenvalue weighted by molar-refractivity contribution is 0.0504. The molecule has 33 heavy (non-hydrogen) atoms. The van der Waals surface area contributed by atoms with E-state index >= 15 is 0 Å². The third-order valence-electron chi connectivity index (χ3n) is 6.77. The number of rotatable bonds is 3. The van der Waals surface area contributed by atoms with Crippen LogP contribution in [0.3, 0.4) is 0 Å². The van der Waals surface area contributed by atoms with E-state index in [2.05, 4.69) is 41.6 Å². The standard InChI is InChI=1S/C25H30BrN5O2/c1-25(2,3)15-31-20-11-12-21(27-22(20)28(4)24(31)33)29-13-19-10-9-18(29)14-30(19)23(32)16-5-7-17(26)8-6-16/h5-8,11-12,18-19H,9-10,13-15H2,1-4H3. The number of aryl methyl sites for hydroxylation is 1. The van der Waals surface area contributed by atoms with Gasteiger partial charge in [-0.25, -0.2) is 9.78 Å². The Morgan fingerprint density at radius 2 is 1.76 bits per heavy atom. The van der Waals surface area contributed by atoms with Crippen molar-refractivity contribution in [1.29, 1.82) is 0 Å². The average Bonchev–Trinajstić information content (AvgIpc) is 3.02. The molecule has 3 aliphatic heterocycles. The molecule has 3 aliphatic rings. The Morgan fingerprint density at radius 1 is 1.06 bits per heavy atom. The maximum absolute atomic E-state index is 13.2. The van der Waals surface area contributed by atoms with Gasteiger partial charge in [-0.15, -0.1) is 0 Å². The highest BCUT2D eigenvalue weighted by Gasteiger charge is 2.41. The molecule has 0 radical (unpaired) electrons. The number of carbonyl (C=O) groups excluding carboxylic acids is 1. The van der Waals surface area contributed by atoms with Gasteiger partial charge in [-0.3, -0.25) is 13.9 Å². The van der Waals surface area contributed by atoms with E-state index in [1.807, 2.05) is 45.9 Å². The summed E-state index contributed by atoms with van der Waals surface area (Å²) in [6.07, 6.45) is 2.05. The second-order valence-electron chi connectivity index (χ2n) is 10.5. The maximum Gasteiger partial charge on any atom is 0.330 e. The molecule has 0 spiro atoms. The van der Waals surface area contributed by atoms with Crippen LogP contribution in [0, 0.1) is 5.41 Å². The molecular weight excluding hydrogens is 482 g/mol. The van der Waals surface area contributed by atoms with Crippen molar-refractivity contribution in [2.24, 2.45) is 12.5 Å². The highest BCUT2D eigenvalue weighted by atomic mass is 79.9. The van der Waals surface area contributed by atoms with E-state index in [9.17, 15) is 9.59 Å². The van der Waals surface area contributed by atoms with Gasteiger partial charge in [0.15, 0.2) is 5.65 Å². The number of imidazole rings is 1. The number of halogens is 1. The molecule has 2 bridgehead atoms. The second kappa shape index (κ2) is 8.01. The molecule has 2 atom stereocenters. The number of piperazine rings is 1. The zero-order valence-corrected chi connectivity index (χ0v) is 21.2. The fraction of sp³-hybridized carbons (Fsp3) is 0.480. The zero-order valence-electron chi connectivity index (χ0n) is 19.6. The Labute approximate surface area is 202 Å². The molecule has 1 aromatic carbocycles. The van der Waals surface area contributed by atoms with Crippen LogP contribution in [-0.2, 0) is 13.6 Å². The number of aromatic nitrogens is 3. The summed E-state index contributed by atoms with van der Waals surface area (Å²) < 4.78 is 4.45. The molecule has 0 N–H and O–H groups in total. The van der Waals surface area contributed by atoms with Gasteiger partial charge >= 0.3 is 5.69 Å². The molecule has 3 fully saturated rings. The molecule has 5 heterocycles. The lowest BCUT2D eigenvalue weighted by Gasteiger charge is -2.52. The van der Waals surface area contributed by atoms with E-state index in [1.54, 1.807) is 11.6 Å². The first-order valence-corrected chi connectivity index (χ1v) is 12.3. The minimum absolute atomic E-state index is 0.00632. The van der Waals surface area contributed by atoms with Crippen LogP contribution in [-0.4, -0.2) is 50.1 Å². The first-order valence-electron chi connectivity index (χ1n) is 11.5. The number of anilines is 1. The van der Waals surface area contributed by atoms with Crippen molar-refractivity contribution in [2.45, 2.75) is 52.2 Å². The van der Waals surface area contributed by atoms with Crippen LogP contribution in [0.1, 0.15) is 44.0 Å². The van der Waals surface area contributed by atoms with Crippen LogP contribution >= 0.6 is 15.9 Å². The highest BCUT2D eigenvalue weighted by molar-refractivity contribution is 9.10. The number of hydrogen-bond acceptors (Lipinski definition) is 4. The fourth-order valence-electron chi connectivity index (χ4n) is 5.17. The summed E-state index contributed by atoms with van der Waals surface area (Å²) in [6.45, 7) is 8.50. The van der Waals surface area contributed by atoms with Crippen molar-refractivity contribution in [2.75, 3.05) is 18.0 Å². The first-order chi connectivity index (χ1) is 15.6. The summed E-state index contributed by atoms with van der Waals surface area (Å²) in [6, 6.07) is 12.0. The van der Waals surface area contributed by atoms with E-state index in [0.717, 1.165) is 40.8 Å². The van der Waals surface area contributed by atoms with Crippen LogP contribution in [0.15, 0.2) is 45.7 Å². The maximum atomic E-state index is 13.2. The van der Waals surface area contributed by atoms with Crippen molar-refractivity contribution in [3.8, 4) is 0 Å². The Kier molecular flexibility index (Phi) is 5.39. The van der Waals surface area contributed by atoms with Gasteiger partial charge in [-0.2, -0.15) is 0 Å². The van der Waals surface area contributed by atoms with Gasteiger partial charge in [-0.1, -0.05) is 36.7 Å². The summed E-state index contributed by atoms with van der Waals surface area (Å²) in [5.41, 5.74) is 2.28. The minimum Gasteiger partial charge on any atom is -0.350 e.